The number of hydrogen-bond acceptors (Lipinski definition) is 4. The second-order valence-corrected chi connectivity index (χ2v) is 7.42. The summed E-state index contributed by atoms with van der Waals surface area (Å²) in [5.41, 5.74) is 5.34. The summed E-state index contributed by atoms with van der Waals surface area (Å²) < 4.78 is 0. The standard InChI is InChI=1S/C20H15Cl2N3S/c1-12-4-3-5-13(2)19(12)24-10-15(9-23)20-25-18(11-26-20)14-6-7-16(21)17(22)8-14/h3-8,10-11,24H,1-2H3/b15-10+. The van der Waals surface area contributed by atoms with Gasteiger partial charge in [-0.25, -0.2) is 4.98 Å². The van der Waals surface area contributed by atoms with Crippen LogP contribution < -0.4 is 5.32 Å². The van der Waals surface area contributed by atoms with Crippen molar-refractivity contribution in [2.24, 2.45) is 0 Å². The van der Waals surface area contributed by atoms with Crippen molar-refractivity contribution in [2.45, 2.75) is 13.8 Å². The fraction of sp³-hybridized carbons (Fsp3) is 0.100. The summed E-state index contributed by atoms with van der Waals surface area (Å²) in [6.07, 6.45) is 1.70. The van der Waals surface area contributed by atoms with Crippen molar-refractivity contribution in [3.63, 3.8) is 0 Å². The van der Waals surface area contributed by atoms with Gasteiger partial charge < -0.3 is 5.32 Å². The van der Waals surface area contributed by atoms with Gasteiger partial charge in [-0.15, -0.1) is 11.3 Å². The first-order valence-electron chi connectivity index (χ1n) is 7.84. The van der Waals surface area contributed by atoms with E-state index >= 15 is 0 Å². The molecule has 3 aromatic rings. The van der Waals surface area contributed by atoms with E-state index in [4.69, 9.17) is 23.2 Å². The van der Waals surface area contributed by atoms with Crippen LogP contribution in [0.3, 0.4) is 0 Å². The summed E-state index contributed by atoms with van der Waals surface area (Å²) in [4.78, 5) is 4.57. The highest BCUT2D eigenvalue weighted by Crippen LogP contribution is 2.31. The predicted octanol–water partition coefficient (Wildman–Crippen LogP) is 6.71. The maximum absolute atomic E-state index is 9.53. The highest BCUT2D eigenvalue weighted by atomic mass is 35.5. The maximum Gasteiger partial charge on any atom is 0.136 e. The van der Waals surface area contributed by atoms with Gasteiger partial charge in [0.2, 0.25) is 0 Å². The van der Waals surface area contributed by atoms with Gasteiger partial charge >= 0.3 is 0 Å². The summed E-state index contributed by atoms with van der Waals surface area (Å²) in [5, 5.41) is 16.3. The fourth-order valence-electron chi connectivity index (χ4n) is 2.51. The molecule has 1 heterocycles. The molecule has 0 fully saturated rings. The van der Waals surface area contributed by atoms with E-state index in [1.165, 1.54) is 11.3 Å². The first kappa shape index (κ1) is 18.5. The highest BCUT2D eigenvalue weighted by Gasteiger charge is 2.11. The van der Waals surface area contributed by atoms with Crippen molar-refractivity contribution in [3.8, 4) is 17.3 Å². The van der Waals surface area contributed by atoms with Crippen LogP contribution >= 0.6 is 34.5 Å². The van der Waals surface area contributed by atoms with Crippen LogP contribution in [0.15, 0.2) is 48.0 Å². The van der Waals surface area contributed by atoms with E-state index in [0.29, 0.717) is 20.6 Å². The number of halogens is 2. The molecule has 0 spiro atoms. The Morgan fingerprint density at radius 2 is 1.88 bits per heavy atom. The monoisotopic (exact) mass is 399 g/mol. The lowest BCUT2D eigenvalue weighted by molar-refractivity contribution is 1.34. The molecule has 1 aromatic heterocycles. The van der Waals surface area contributed by atoms with Crippen molar-refractivity contribution in [1.29, 1.82) is 5.26 Å². The summed E-state index contributed by atoms with van der Waals surface area (Å²) in [5.74, 6) is 0. The number of rotatable bonds is 4. The van der Waals surface area contributed by atoms with Crippen molar-refractivity contribution in [1.82, 2.24) is 4.98 Å². The summed E-state index contributed by atoms with van der Waals surface area (Å²) in [6, 6.07) is 13.6. The smallest absolute Gasteiger partial charge is 0.136 e. The van der Waals surface area contributed by atoms with Crippen LogP contribution in [0.25, 0.3) is 16.8 Å². The topological polar surface area (TPSA) is 48.7 Å². The minimum absolute atomic E-state index is 0.476. The van der Waals surface area contributed by atoms with Crippen LogP contribution in [0, 0.1) is 25.2 Å². The van der Waals surface area contributed by atoms with E-state index < -0.39 is 0 Å². The molecule has 0 amide bonds. The Labute approximate surface area is 166 Å². The molecular weight excluding hydrogens is 385 g/mol. The number of nitrogens with zero attached hydrogens (tertiary/aromatic N) is 2. The third kappa shape index (κ3) is 3.91. The van der Waals surface area contributed by atoms with Crippen LogP contribution in [0.4, 0.5) is 5.69 Å². The van der Waals surface area contributed by atoms with Gasteiger partial charge in [0.25, 0.3) is 0 Å². The van der Waals surface area contributed by atoms with Crippen LogP contribution in [-0.2, 0) is 0 Å². The van der Waals surface area contributed by atoms with E-state index in [0.717, 1.165) is 28.1 Å². The van der Waals surface area contributed by atoms with Gasteiger partial charge in [0.1, 0.15) is 16.6 Å². The zero-order valence-electron chi connectivity index (χ0n) is 14.2. The minimum atomic E-state index is 0.476. The van der Waals surface area contributed by atoms with E-state index in [2.05, 4.69) is 16.4 Å². The first-order chi connectivity index (χ1) is 12.5. The van der Waals surface area contributed by atoms with Gasteiger partial charge in [0.15, 0.2) is 0 Å². The largest absolute Gasteiger partial charge is 0.360 e. The number of allylic oxidation sites excluding steroid dienone is 1. The summed E-state index contributed by atoms with van der Waals surface area (Å²) in [6.45, 7) is 4.06. The maximum atomic E-state index is 9.53. The Morgan fingerprint density at radius 1 is 1.15 bits per heavy atom. The molecule has 26 heavy (non-hydrogen) atoms. The van der Waals surface area contributed by atoms with Crippen LogP contribution in [0.2, 0.25) is 10.0 Å². The molecule has 0 radical (unpaired) electrons. The molecule has 3 nitrogen and oxygen atoms in total. The second kappa shape index (κ2) is 7.92. The zero-order valence-corrected chi connectivity index (χ0v) is 16.5. The molecule has 0 aliphatic heterocycles. The quantitative estimate of drug-likeness (QED) is 0.495. The molecule has 2 aromatic carbocycles. The van der Waals surface area contributed by atoms with Crippen molar-refractivity contribution in [3.05, 3.63) is 74.2 Å². The Kier molecular flexibility index (Phi) is 5.63. The van der Waals surface area contributed by atoms with Gasteiger partial charge in [-0.3, -0.25) is 0 Å². The average Bonchev–Trinajstić information content (AvgIpc) is 3.10. The molecular formula is C20H15Cl2N3S. The van der Waals surface area contributed by atoms with Crippen LogP contribution in [-0.4, -0.2) is 4.98 Å². The SMILES string of the molecule is Cc1cccc(C)c1N/C=C(\C#N)c1nc(-c2ccc(Cl)c(Cl)c2)cs1. The molecule has 0 aliphatic rings. The zero-order chi connectivity index (χ0) is 18.7. The number of nitrogens with one attached hydrogen (secondary N) is 1. The molecule has 130 valence electrons. The van der Waals surface area contributed by atoms with Gasteiger partial charge in [0, 0.05) is 22.8 Å². The molecule has 6 heteroatoms. The van der Waals surface area contributed by atoms with E-state index in [1.807, 2.05) is 43.5 Å². The predicted molar refractivity (Wildman–Crippen MR) is 111 cm³/mol. The molecule has 1 N–H and O–H groups in total. The van der Waals surface area contributed by atoms with E-state index in [1.54, 1.807) is 18.3 Å². The Bertz CT molecular complexity index is 1010. The number of aryl methyl sites for hydroxylation is 2. The van der Waals surface area contributed by atoms with E-state index in [9.17, 15) is 5.26 Å². The number of aromatic nitrogens is 1. The molecule has 0 atom stereocenters. The van der Waals surface area contributed by atoms with Gasteiger partial charge in [-0.1, -0.05) is 47.5 Å². The van der Waals surface area contributed by atoms with Gasteiger partial charge in [-0.05, 0) is 37.1 Å². The Hall–Kier alpha value is -2.32. The third-order valence-corrected chi connectivity index (χ3v) is 5.53. The highest BCUT2D eigenvalue weighted by molar-refractivity contribution is 7.11. The molecule has 0 unspecified atom stereocenters. The lowest BCUT2D eigenvalue weighted by Crippen LogP contribution is -1.96. The lowest BCUT2D eigenvalue weighted by atomic mass is 10.1. The summed E-state index contributed by atoms with van der Waals surface area (Å²) in [7, 11) is 0. The van der Waals surface area contributed by atoms with Gasteiger partial charge in [-0.2, -0.15) is 5.26 Å². The van der Waals surface area contributed by atoms with Crippen LogP contribution in [0.5, 0.6) is 0 Å². The Balaban J connectivity index is 1.89. The number of nitriles is 1. The third-order valence-electron chi connectivity index (χ3n) is 3.91. The molecule has 0 saturated carbocycles. The number of thiazole rings is 1. The van der Waals surface area contributed by atoms with Crippen molar-refractivity contribution in [2.75, 3.05) is 5.32 Å². The van der Waals surface area contributed by atoms with Gasteiger partial charge in [0.05, 0.1) is 15.7 Å². The number of benzene rings is 2. The fourth-order valence-corrected chi connectivity index (χ4v) is 3.61. The Morgan fingerprint density at radius 3 is 2.54 bits per heavy atom. The molecule has 0 bridgehead atoms. The normalized spacial score (nSPS) is 11.3. The number of para-hydroxylation sites is 1. The average molecular weight is 400 g/mol. The molecule has 0 saturated heterocycles. The summed E-state index contributed by atoms with van der Waals surface area (Å²) >= 11 is 13.5. The van der Waals surface area contributed by atoms with Crippen molar-refractivity contribution < 1.29 is 0 Å². The van der Waals surface area contributed by atoms with E-state index in [-0.39, 0.29) is 0 Å². The van der Waals surface area contributed by atoms with Crippen LogP contribution in [0.1, 0.15) is 16.1 Å². The minimum Gasteiger partial charge on any atom is -0.360 e. The second-order valence-electron chi connectivity index (χ2n) is 5.75. The lowest BCUT2D eigenvalue weighted by Gasteiger charge is -2.09. The molecule has 3 rings (SSSR count). The molecule has 0 aliphatic carbocycles. The first-order valence-corrected chi connectivity index (χ1v) is 9.47. The number of hydrogen-bond donors (Lipinski definition) is 1. The number of anilines is 1. The van der Waals surface area contributed by atoms with Crippen molar-refractivity contribution >= 4 is 45.8 Å².